The van der Waals surface area contributed by atoms with Crippen LogP contribution in [0, 0.1) is 0 Å². The highest BCUT2D eigenvalue weighted by atomic mass is 14.0. The van der Waals surface area contributed by atoms with Gasteiger partial charge in [-0.15, -0.1) is 0 Å². The molecule has 13 heavy (non-hydrogen) atoms. The van der Waals surface area contributed by atoms with Crippen LogP contribution in [0.5, 0.6) is 0 Å². The van der Waals surface area contributed by atoms with E-state index < -0.39 is 0 Å². The van der Waals surface area contributed by atoms with E-state index in [9.17, 15) is 0 Å². The van der Waals surface area contributed by atoms with Gasteiger partial charge in [-0.05, 0) is 18.1 Å². The Balaban J connectivity index is 4.58. The Morgan fingerprint density at radius 1 is 1.15 bits per heavy atom. The minimum atomic E-state index is 0.938. The van der Waals surface area contributed by atoms with Gasteiger partial charge in [-0.2, -0.15) is 0 Å². The Kier molecular flexibility index (Phi) is 6.26. The highest BCUT2D eigenvalue weighted by Crippen LogP contribution is 2.10. The minimum absolute atomic E-state index is 0.938. The van der Waals surface area contributed by atoms with Gasteiger partial charge in [0.25, 0.3) is 0 Å². The zero-order chi connectivity index (χ0) is 10.1. The topological polar surface area (TPSA) is 0 Å². The lowest BCUT2D eigenvalue weighted by Gasteiger charge is -1.98. The third-order valence-electron chi connectivity index (χ3n) is 1.49. The predicted octanol–water partition coefficient (Wildman–Crippen LogP) is 3.97. The number of allylic oxidation sites excluding steroid dienone is 9. The van der Waals surface area contributed by atoms with Crippen molar-refractivity contribution in [2.24, 2.45) is 0 Å². The first-order chi connectivity index (χ1) is 6.26. The maximum Gasteiger partial charge on any atom is -0.0196 e. The van der Waals surface area contributed by atoms with E-state index in [4.69, 9.17) is 0 Å². The second-order valence-electron chi connectivity index (χ2n) is 2.47. The van der Waals surface area contributed by atoms with Crippen LogP contribution in [0.15, 0.2) is 73.4 Å². The fraction of sp³-hybridized carbons (Fsp3) is 0.0769. The van der Waals surface area contributed by atoms with Crippen LogP contribution in [0.1, 0.15) is 6.92 Å². The van der Waals surface area contributed by atoms with E-state index in [-0.39, 0.29) is 0 Å². The lowest BCUT2D eigenvalue weighted by atomic mass is 10.1. The smallest absolute Gasteiger partial charge is 0.0196 e. The van der Waals surface area contributed by atoms with Crippen LogP contribution >= 0.6 is 0 Å². The van der Waals surface area contributed by atoms with E-state index in [1.807, 2.05) is 37.3 Å². The molecule has 0 heteroatoms. The number of rotatable bonds is 5. The van der Waals surface area contributed by atoms with Crippen molar-refractivity contribution in [3.8, 4) is 0 Å². The molecule has 0 radical (unpaired) electrons. The molecule has 0 atom stereocenters. The Hall–Kier alpha value is -1.56. The highest BCUT2D eigenvalue weighted by Gasteiger charge is 1.90. The monoisotopic (exact) mass is 172 g/mol. The first kappa shape index (κ1) is 11.4. The molecule has 0 aromatic rings. The van der Waals surface area contributed by atoms with Crippen LogP contribution in [0.4, 0.5) is 0 Å². The normalized spacial score (nSPS) is 12.2. The Labute approximate surface area is 81.0 Å². The molecule has 0 aromatic carbocycles. The van der Waals surface area contributed by atoms with Crippen molar-refractivity contribution in [3.63, 3.8) is 0 Å². The van der Waals surface area contributed by atoms with Gasteiger partial charge in [-0.3, -0.25) is 0 Å². The van der Waals surface area contributed by atoms with Crippen LogP contribution in [0.2, 0.25) is 0 Å². The molecule has 0 N–H and O–H groups in total. The first-order valence-electron chi connectivity index (χ1n) is 4.20. The molecule has 0 bridgehead atoms. The fourth-order valence-electron chi connectivity index (χ4n) is 0.786. The van der Waals surface area contributed by atoms with Crippen molar-refractivity contribution in [2.75, 3.05) is 0 Å². The maximum atomic E-state index is 3.91. The van der Waals surface area contributed by atoms with Gasteiger partial charge >= 0.3 is 0 Å². The lowest BCUT2D eigenvalue weighted by molar-refractivity contribution is 1.57. The summed E-state index contributed by atoms with van der Waals surface area (Å²) in [5.41, 5.74) is 1.96. The van der Waals surface area contributed by atoms with Crippen LogP contribution < -0.4 is 0 Å². The van der Waals surface area contributed by atoms with Crippen LogP contribution in [0.25, 0.3) is 0 Å². The highest BCUT2D eigenvalue weighted by molar-refractivity contribution is 5.46. The summed E-state index contributed by atoms with van der Waals surface area (Å²) in [6.45, 7) is 13.2. The molecule has 0 rings (SSSR count). The van der Waals surface area contributed by atoms with Crippen LogP contribution in [-0.4, -0.2) is 0 Å². The second-order valence-corrected chi connectivity index (χ2v) is 2.47. The van der Waals surface area contributed by atoms with Gasteiger partial charge in [-0.25, -0.2) is 0 Å². The third kappa shape index (κ3) is 4.81. The molecular weight excluding hydrogens is 156 g/mol. The Morgan fingerprint density at radius 2 is 1.85 bits per heavy atom. The minimum Gasteiger partial charge on any atom is -0.0991 e. The number of hydrogen-bond acceptors (Lipinski definition) is 0. The SMILES string of the molecule is C=C/C=C\C(=C)/C(C=C)=C/C=C\C. The van der Waals surface area contributed by atoms with Crippen LogP contribution in [0.3, 0.4) is 0 Å². The summed E-state index contributed by atoms with van der Waals surface area (Å²) in [5, 5.41) is 0. The Bertz CT molecular complexity index is 272. The second kappa shape index (κ2) is 7.11. The quantitative estimate of drug-likeness (QED) is 0.550. The molecular formula is C13H16. The molecule has 0 saturated heterocycles. The molecule has 0 fully saturated rings. The van der Waals surface area contributed by atoms with E-state index in [1.165, 1.54) is 0 Å². The summed E-state index contributed by atoms with van der Waals surface area (Å²) >= 11 is 0. The molecule has 0 aliphatic heterocycles. The summed E-state index contributed by atoms with van der Waals surface area (Å²) in [6.07, 6.45) is 13.2. The molecule has 0 spiro atoms. The largest absolute Gasteiger partial charge is 0.0991 e. The summed E-state index contributed by atoms with van der Waals surface area (Å²) in [6, 6.07) is 0. The summed E-state index contributed by atoms with van der Waals surface area (Å²) in [7, 11) is 0. The van der Waals surface area contributed by atoms with E-state index in [2.05, 4.69) is 19.7 Å². The van der Waals surface area contributed by atoms with E-state index in [1.54, 1.807) is 12.2 Å². The van der Waals surface area contributed by atoms with Gasteiger partial charge in [0.2, 0.25) is 0 Å². The molecule has 68 valence electrons. The van der Waals surface area contributed by atoms with Crippen molar-refractivity contribution in [1.29, 1.82) is 0 Å². The predicted molar refractivity (Wildman–Crippen MR) is 61.6 cm³/mol. The van der Waals surface area contributed by atoms with Gasteiger partial charge < -0.3 is 0 Å². The van der Waals surface area contributed by atoms with Gasteiger partial charge in [-0.1, -0.05) is 62.3 Å². The summed E-state index contributed by atoms with van der Waals surface area (Å²) in [4.78, 5) is 0. The van der Waals surface area contributed by atoms with E-state index >= 15 is 0 Å². The average molecular weight is 172 g/mol. The van der Waals surface area contributed by atoms with Crippen LogP contribution in [-0.2, 0) is 0 Å². The molecule has 0 unspecified atom stereocenters. The van der Waals surface area contributed by atoms with E-state index in [0.29, 0.717) is 0 Å². The number of hydrogen-bond donors (Lipinski definition) is 0. The van der Waals surface area contributed by atoms with Gasteiger partial charge in [0, 0.05) is 0 Å². The van der Waals surface area contributed by atoms with Gasteiger partial charge in [0.05, 0.1) is 0 Å². The van der Waals surface area contributed by atoms with Gasteiger partial charge in [0.1, 0.15) is 0 Å². The molecule has 0 aliphatic carbocycles. The first-order valence-corrected chi connectivity index (χ1v) is 4.20. The zero-order valence-corrected chi connectivity index (χ0v) is 8.16. The fourth-order valence-corrected chi connectivity index (χ4v) is 0.786. The Morgan fingerprint density at radius 3 is 2.31 bits per heavy atom. The molecule has 0 amide bonds. The molecule has 0 nitrogen and oxygen atoms in total. The molecule has 0 heterocycles. The third-order valence-corrected chi connectivity index (χ3v) is 1.49. The maximum absolute atomic E-state index is 3.91. The van der Waals surface area contributed by atoms with E-state index in [0.717, 1.165) is 11.1 Å². The zero-order valence-electron chi connectivity index (χ0n) is 8.16. The standard InChI is InChI=1S/C13H16/c1-5-8-10-12(4)13(7-3)11-9-6-2/h5-11H,1,3-4H2,2H3/b9-6-,10-8-,13-11+. The molecule has 0 aromatic heterocycles. The van der Waals surface area contributed by atoms with Crippen molar-refractivity contribution >= 4 is 0 Å². The van der Waals surface area contributed by atoms with Crippen molar-refractivity contribution in [3.05, 3.63) is 73.4 Å². The molecule has 0 saturated carbocycles. The summed E-state index contributed by atoms with van der Waals surface area (Å²) in [5.74, 6) is 0. The van der Waals surface area contributed by atoms with Gasteiger partial charge in [0.15, 0.2) is 0 Å². The van der Waals surface area contributed by atoms with Crippen molar-refractivity contribution < 1.29 is 0 Å². The lowest BCUT2D eigenvalue weighted by Crippen LogP contribution is -1.78. The summed E-state index contributed by atoms with van der Waals surface area (Å²) < 4.78 is 0. The average Bonchev–Trinajstić information content (AvgIpc) is 2.16. The van der Waals surface area contributed by atoms with Crippen molar-refractivity contribution in [2.45, 2.75) is 6.92 Å². The molecule has 0 aliphatic rings. The van der Waals surface area contributed by atoms with Crippen molar-refractivity contribution in [1.82, 2.24) is 0 Å².